The molecular formula is C22H26N2O4. The van der Waals surface area contributed by atoms with E-state index in [0.717, 1.165) is 22.3 Å². The summed E-state index contributed by atoms with van der Waals surface area (Å²) in [5.74, 6) is 0.824. The Morgan fingerprint density at radius 2 is 1.82 bits per heavy atom. The van der Waals surface area contributed by atoms with Crippen LogP contribution in [0.15, 0.2) is 52.9 Å². The third-order valence-electron chi connectivity index (χ3n) is 4.77. The molecule has 0 fully saturated rings. The molecule has 0 radical (unpaired) electrons. The van der Waals surface area contributed by atoms with Crippen molar-refractivity contribution in [1.29, 1.82) is 0 Å². The minimum atomic E-state index is -0.259. The Kier molecular flexibility index (Phi) is 6.34. The quantitative estimate of drug-likeness (QED) is 0.645. The maximum Gasteiger partial charge on any atom is 0.287 e. The molecular weight excluding hydrogens is 356 g/mol. The zero-order valence-corrected chi connectivity index (χ0v) is 16.7. The first-order valence-corrected chi connectivity index (χ1v) is 9.13. The van der Waals surface area contributed by atoms with E-state index in [1.54, 1.807) is 14.2 Å². The standard InChI is InChI=1S/C22H26N2O4/c1-24(2)18(16-10-6-7-11-19(16)27-4)13-23-22(25)21-17(14-26-3)15-9-5-8-12-20(15)28-21/h5-12,18H,13-14H2,1-4H3,(H,23,25). The number of hydrogen-bond acceptors (Lipinski definition) is 5. The number of carbonyl (C=O) groups excluding carboxylic acids is 1. The fourth-order valence-corrected chi connectivity index (χ4v) is 3.35. The van der Waals surface area contributed by atoms with Gasteiger partial charge in [-0.05, 0) is 26.2 Å². The number of hydrogen-bond donors (Lipinski definition) is 1. The van der Waals surface area contributed by atoms with Gasteiger partial charge in [0.1, 0.15) is 11.3 Å². The molecule has 6 heteroatoms. The number of rotatable bonds is 8. The highest BCUT2D eigenvalue weighted by atomic mass is 16.5. The van der Waals surface area contributed by atoms with Gasteiger partial charge in [-0.2, -0.15) is 0 Å². The number of amides is 1. The van der Waals surface area contributed by atoms with Crippen molar-refractivity contribution in [1.82, 2.24) is 10.2 Å². The predicted octanol–water partition coefficient (Wildman–Crippen LogP) is 3.62. The zero-order valence-electron chi connectivity index (χ0n) is 16.7. The van der Waals surface area contributed by atoms with Crippen LogP contribution >= 0.6 is 0 Å². The molecule has 1 aromatic heterocycles. The highest BCUT2D eigenvalue weighted by molar-refractivity contribution is 5.99. The van der Waals surface area contributed by atoms with Crippen LogP contribution in [0.25, 0.3) is 11.0 Å². The Morgan fingerprint density at radius 1 is 1.11 bits per heavy atom. The van der Waals surface area contributed by atoms with Crippen molar-refractivity contribution >= 4 is 16.9 Å². The molecule has 1 N–H and O–H groups in total. The third kappa shape index (κ3) is 4.03. The molecule has 0 saturated carbocycles. The van der Waals surface area contributed by atoms with Crippen molar-refractivity contribution in [2.24, 2.45) is 0 Å². The Bertz CT molecular complexity index is 949. The molecule has 0 aliphatic carbocycles. The van der Waals surface area contributed by atoms with Crippen molar-refractivity contribution < 1.29 is 18.7 Å². The Hall–Kier alpha value is -2.83. The SMILES string of the molecule is COCc1c(C(=O)NCC(c2ccccc2OC)N(C)C)oc2ccccc12. The largest absolute Gasteiger partial charge is 0.496 e. The second kappa shape index (κ2) is 8.91. The van der Waals surface area contributed by atoms with Gasteiger partial charge >= 0.3 is 0 Å². The molecule has 0 bridgehead atoms. The predicted molar refractivity (Wildman–Crippen MR) is 109 cm³/mol. The van der Waals surface area contributed by atoms with Crippen molar-refractivity contribution in [3.8, 4) is 5.75 Å². The molecule has 1 heterocycles. The number of nitrogens with zero attached hydrogens (tertiary/aromatic N) is 1. The summed E-state index contributed by atoms with van der Waals surface area (Å²) in [4.78, 5) is 15.0. The second-order valence-corrected chi connectivity index (χ2v) is 6.77. The number of carbonyl (C=O) groups is 1. The summed E-state index contributed by atoms with van der Waals surface area (Å²) in [5, 5.41) is 3.90. The number of furan rings is 1. The lowest BCUT2D eigenvalue weighted by Crippen LogP contribution is -2.35. The summed E-state index contributed by atoms with van der Waals surface area (Å²) >= 11 is 0. The highest BCUT2D eigenvalue weighted by Crippen LogP contribution is 2.29. The first kappa shape index (κ1) is 19.9. The average Bonchev–Trinajstić information content (AvgIpc) is 3.07. The van der Waals surface area contributed by atoms with Crippen LogP contribution in [-0.2, 0) is 11.3 Å². The Morgan fingerprint density at radius 3 is 2.54 bits per heavy atom. The summed E-state index contributed by atoms with van der Waals surface area (Å²) < 4.78 is 16.6. The van der Waals surface area contributed by atoms with E-state index >= 15 is 0 Å². The molecule has 0 spiro atoms. The number of ether oxygens (including phenoxy) is 2. The molecule has 3 rings (SSSR count). The summed E-state index contributed by atoms with van der Waals surface area (Å²) in [5.41, 5.74) is 2.44. The van der Waals surface area contributed by atoms with Crippen LogP contribution in [0.2, 0.25) is 0 Å². The minimum Gasteiger partial charge on any atom is -0.496 e. The fourth-order valence-electron chi connectivity index (χ4n) is 3.35. The minimum absolute atomic E-state index is 0.0460. The first-order valence-electron chi connectivity index (χ1n) is 9.13. The van der Waals surface area contributed by atoms with Gasteiger partial charge in [0.05, 0.1) is 19.8 Å². The lowest BCUT2D eigenvalue weighted by Gasteiger charge is -2.26. The van der Waals surface area contributed by atoms with Crippen molar-refractivity contribution in [2.75, 3.05) is 34.9 Å². The molecule has 0 aliphatic heterocycles. The van der Waals surface area contributed by atoms with Crippen molar-refractivity contribution in [3.05, 3.63) is 65.4 Å². The van der Waals surface area contributed by atoms with E-state index in [0.29, 0.717) is 24.5 Å². The van der Waals surface area contributed by atoms with Crippen molar-refractivity contribution in [3.63, 3.8) is 0 Å². The molecule has 1 amide bonds. The van der Waals surface area contributed by atoms with Gasteiger partial charge in [0.25, 0.3) is 5.91 Å². The third-order valence-corrected chi connectivity index (χ3v) is 4.77. The maximum atomic E-state index is 12.9. The number of methoxy groups -OCH3 is 2. The molecule has 3 aromatic rings. The molecule has 6 nitrogen and oxygen atoms in total. The monoisotopic (exact) mass is 382 g/mol. The molecule has 1 atom stereocenters. The van der Waals surface area contributed by atoms with Crippen LogP contribution in [0.1, 0.15) is 27.7 Å². The van der Waals surface area contributed by atoms with Gasteiger partial charge in [-0.1, -0.05) is 36.4 Å². The van der Waals surface area contributed by atoms with E-state index in [2.05, 4.69) is 5.32 Å². The molecule has 28 heavy (non-hydrogen) atoms. The first-order chi connectivity index (χ1) is 13.6. The van der Waals surface area contributed by atoms with Crippen LogP contribution in [0.5, 0.6) is 5.75 Å². The van der Waals surface area contributed by atoms with Crippen LogP contribution in [0.3, 0.4) is 0 Å². The molecule has 148 valence electrons. The summed E-state index contributed by atoms with van der Waals surface area (Å²) in [7, 11) is 7.20. The van der Waals surface area contributed by atoms with Gasteiger partial charge < -0.3 is 24.1 Å². The van der Waals surface area contributed by atoms with E-state index in [4.69, 9.17) is 13.9 Å². The van der Waals surface area contributed by atoms with Crippen LogP contribution in [0, 0.1) is 0 Å². The summed E-state index contributed by atoms with van der Waals surface area (Å²) in [6.07, 6.45) is 0. The molecule has 0 saturated heterocycles. The zero-order chi connectivity index (χ0) is 20.1. The van der Waals surface area contributed by atoms with Gasteiger partial charge in [0, 0.05) is 30.2 Å². The number of para-hydroxylation sites is 2. The molecule has 2 aromatic carbocycles. The van der Waals surface area contributed by atoms with E-state index < -0.39 is 0 Å². The number of nitrogens with one attached hydrogen (secondary N) is 1. The Labute approximate surface area is 165 Å². The lowest BCUT2D eigenvalue weighted by atomic mass is 10.0. The van der Waals surface area contributed by atoms with Gasteiger partial charge in [0.15, 0.2) is 5.76 Å². The van der Waals surface area contributed by atoms with E-state index in [9.17, 15) is 4.79 Å². The molecule has 0 aliphatic rings. The summed E-state index contributed by atoms with van der Waals surface area (Å²) in [6.45, 7) is 0.721. The number of fused-ring (bicyclic) bond motifs is 1. The maximum absolute atomic E-state index is 12.9. The van der Waals surface area contributed by atoms with E-state index in [1.165, 1.54) is 0 Å². The normalized spacial score (nSPS) is 12.3. The van der Waals surface area contributed by atoms with Gasteiger partial charge in [-0.25, -0.2) is 0 Å². The molecule has 1 unspecified atom stereocenters. The van der Waals surface area contributed by atoms with Gasteiger partial charge in [0.2, 0.25) is 0 Å². The van der Waals surface area contributed by atoms with Gasteiger partial charge in [-0.3, -0.25) is 4.79 Å². The van der Waals surface area contributed by atoms with Crippen molar-refractivity contribution in [2.45, 2.75) is 12.6 Å². The second-order valence-electron chi connectivity index (χ2n) is 6.77. The topological polar surface area (TPSA) is 63.9 Å². The number of benzene rings is 2. The van der Waals surface area contributed by atoms with Crippen LogP contribution in [0.4, 0.5) is 0 Å². The highest BCUT2D eigenvalue weighted by Gasteiger charge is 2.23. The Balaban J connectivity index is 1.84. The smallest absolute Gasteiger partial charge is 0.287 e. The van der Waals surface area contributed by atoms with Crippen LogP contribution in [-0.4, -0.2) is 45.7 Å². The summed E-state index contributed by atoms with van der Waals surface area (Å²) in [6, 6.07) is 15.4. The van der Waals surface area contributed by atoms with Gasteiger partial charge in [-0.15, -0.1) is 0 Å². The van der Waals surface area contributed by atoms with Crippen LogP contribution < -0.4 is 10.1 Å². The average molecular weight is 382 g/mol. The number of likely N-dealkylation sites (N-methyl/N-ethyl adjacent to an activating group) is 1. The van der Waals surface area contributed by atoms with E-state index in [1.807, 2.05) is 67.5 Å². The fraction of sp³-hybridized carbons (Fsp3) is 0.318. The lowest BCUT2D eigenvalue weighted by molar-refractivity contribution is 0.0909. The van der Waals surface area contributed by atoms with E-state index in [-0.39, 0.29) is 11.9 Å².